The summed E-state index contributed by atoms with van der Waals surface area (Å²) in [5, 5.41) is 0. The molecule has 0 aromatic rings. The van der Waals surface area contributed by atoms with Crippen molar-refractivity contribution >= 4 is 5.78 Å². The highest BCUT2D eigenvalue weighted by Crippen LogP contribution is 2.14. The van der Waals surface area contributed by atoms with Crippen LogP contribution in [-0.4, -0.2) is 5.78 Å². The molecule has 0 amide bonds. The van der Waals surface area contributed by atoms with Crippen molar-refractivity contribution in [2.75, 3.05) is 0 Å². The largest absolute Gasteiger partial charge is 0.300 e. The van der Waals surface area contributed by atoms with Crippen LogP contribution in [0.1, 0.15) is 194 Å². The normalized spacial score (nSPS) is 11.6. The van der Waals surface area contributed by atoms with Gasteiger partial charge < -0.3 is 0 Å². The minimum Gasteiger partial charge on any atom is -0.300 e. The second-order valence-corrected chi connectivity index (χ2v) is 10.9. The van der Waals surface area contributed by atoms with E-state index >= 15 is 0 Å². The van der Waals surface area contributed by atoms with Gasteiger partial charge in [-0.15, -0.1) is 0 Å². The molecule has 34 heavy (non-hydrogen) atoms. The molecule has 1 heteroatoms. The fourth-order valence-electron chi connectivity index (χ4n) is 4.86. The molecule has 0 aliphatic heterocycles. The van der Waals surface area contributed by atoms with E-state index in [0.717, 1.165) is 25.7 Å². The predicted molar refractivity (Wildman–Crippen MR) is 155 cm³/mol. The van der Waals surface area contributed by atoms with Crippen LogP contribution in [0.2, 0.25) is 0 Å². The standard InChI is InChI=1S/C33H64O/c1-3-5-7-9-11-13-15-17-18-20-22-24-26-28-30-32-33(34)31-29-27-25-23-21-19-16-14-12-10-8-6-4-2/h17-18H,3-16,19-32H2,1-2H3/b18-17-. The van der Waals surface area contributed by atoms with Crippen LogP contribution in [0.15, 0.2) is 12.2 Å². The van der Waals surface area contributed by atoms with Crippen molar-refractivity contribution in [2.24, 2.45) is 0 Å². The summed E-state index contributed by atoms with van der Waals surface area (Å²) in [7, 11) is 0. The summed E-state index contributed by atoms with van der Waals surface area (Å²) < 4.78 is 0. The van der Waals surface area contributed by atoms with Crippen molar-refractivity contribution < 1.29 is 4.79 Å². The molecule has 0 fully saturated rings. The molecule has 0 saturated carbocycles. The lowest BCUT2D eigenvalue weighted by Gasteiger charge is -2.04. The number of Topliss-reactive ketones (excluding diaryl/α,β-unsaturated/α-hetero) is 1. The maximum absolute atomic E-state index is 12.1. The van der Waals surface area contributed by atoms with Crippen molar-refractivity contribution in [2.45, 2.75) is 194 Å². The van der Waals surface area contributed by atoms with Gasteiger partial charge in [-0.05, 0) is 38.5 Å². The first-order valence-electron chi connectivity index (χ1n) is 16.0. The molecule has 1 nitrogen and oxygen atoms in total. The summed E-state index contributed by atoms with van der Waals surface area (Å²) in [6, 6.07) is 0. The van der Waals surface area contributed by atoms with Gasteiger partial charge in [0.05, 0.1) is 0 Å². The maximum Gasteiger partial charge on any atom is 0.132 e. The zero-order chi connectivity index (χ0) is 24.8. The highest BCUT2D eigenvalue weighted by Gasteiger charge is 2.02. The summed E-state index contributed by atoms with van der Waals surface area (Å²) in [5.74, 6) is 0.515. The Morgan fingerprint density at radius 3 is 0.971 bits per heavy atom. The van der Waals surface area contributed by atoms with Gasteiger partial charge in [-0.1, -0.05) is 154 Å². The Bertz CT molecular complexity index is 411. The average molecular weight is 477 g/mol. The predicted octanol–water partition coefficient (Wildman–Crippen LogP) is 12.1. The van der Waals surface area contributed by atoms with E-state index in [9.17, 15) is 4.79 Å². The van der Waals surface area contributed by atoms with Crippen molar-refractivity contribution in [1.82, 2.24) is 0 Å². The van der Waals surface area contributed by atoms with E-state index in [-0.39, 0.29) is 0 Å². The molecule has 0 aliphatic rings. The van der Waals surface area contributed by atoms with Crippen molar-refractivity contribution in [3.8, 4) is 0 Å². The van der Waals surface area contributed by atoms with Crippen LogP contribution in [0.4, 0.5) is 0 Å². The first-order chi connectivity index (χ1) is 16.8. The highest BCUT2D eigenvalue weighted by atomic mass is 16.1. The van der Waals surface area contributed by atoms with Crippen LogP contribution in [-0.2, 0) is 4.79 Å². The Balaban J connectivity index is 3.19. The van der Waals surface area contributed by atoms with Gasteiger partial charge in [0.25, 0.3) is 0 Å². The van der Waals surface area contributed by atoms with Gasteiger partial charge in [-0.25, -0.2) is 0 Å². The zero-order valence-electron chi connectivity index (χ0n) is 23.9. The number of allylic oxidation sites excluding steroid dienone is 2. The molecule has 0 radical (unpaired) electrons. The lowest BCUT2D eigenvalue weighted by molar-refractivity contribution is -0.119. The topological polar surface area (TPSA) is 17.1 Å². The van der Waals surface area contributed by atoms with E-state index in [1.807, 2.05) is 0 Å². The number of carbonyl (C=O) groups excluding carboxylic acids is 1. The third kappa shape index (κ3) is 29.4. The van der Waals surface area contributed by atoms with Crippen molar-refractivity contribution in [3.05, 3.63) is 12.2 Å². The molecule has 0 rings (SSSR count). The van der Waals surface area contributed by atoms with E-state index in [1.54, 1.807) is 0 Å². The van der Waals surface area contributed by atoms with Gasteiger partial charge in [-0.3, -0.25) is 4.79 Å². The van der Waals surface area contributed by atoms with E-state index in [4.69, 9.17) is 0 Å². The second-order valence-electron chi connectivity index (χ2n) is 10.9. The lowest BCUT2D eigenvalue weighted by Crippen LogP contribution is -1.97. The van der Waals surface area contributed by atoms with Crippen molar-refractivity contribution in [3.63, 3.8) is 0 Å². The minimum absolute atomic E-state index is 0.515. The molecule has 0 aliphatic carbocycles. The summed E-state index contributed by atoms with van der Waals surface area (Å²) >= 11 is 0. The first-order valence-corrected chi connectivity index (χ1v) is 16.0. The molecular weight excluding hydrogens is 412 g/mol. The zero-order valence-corrected chi connectivity index (χ0v) is 23.9. The summed E-state index contributed by atoms with van der Waals surface area (Å²) in [6.07, 6.45) is 41.5. The number of ketones is 1. The molecule has 0 atom stereocenters. The van der Waals surface area contributed by atoms with Crippen LogP contribution < -0.4 is 0 Å². The lowest BCUT2D eigenvalue weighted by atomic mass is 10.0. The number of carbonyl (C=O) groups is 1. The van der Waals surface area contributed by atoms with Crippen molar-refractivity contribution in [1.29, 1.82) is 0 Å². The number of hydrogen-bond acceptors (Lipinski definition) is 1. The number of hydrogen-bond donors (Lipinski definition) is 0. The van der Waals surface area contributed by atoms with Crippen LogP contribution in [0.25, 0.3) is 0 Å². The first kappa shape index (κ1) is 33.4. The van der Waals surface area contributed by atoms with E-state index in [0.29, 0.717) is 5.78 Å². The van der Waals surface area contributed by atoms with Gasteiger partial charge in [0, 0.05) is 12.8 Å². The third-order valence-corrected chi connectivity index (χ3v) is 7.28. The Kier molecular flexibility index (Phi) is 29.9. The SMILES string of the molecule is CCCCCCCC/C=C\CCCCCCCC(=O)CCCCCCCCCCCCCCC. The van der Waals surface area contributed by atoms with Gasteiger partial charge in [-0.2, -0.15) is 0 Å². The second kappa shape index (κ2) is 30.4. The van der Waals surface area contributed by atoms with E-state index < -0.39 is 0 Å². The summed E-state index contributed by atoms with van der Waals surface area (Å²) in [4.78, 5) is 12.1. The fraction of sp³-hybridized carbons (Fsp3) is 0.909. The Labute approximate surface area is 216 Å². The van der Waals surface area contributed by atoms with Gasteiger partial charge in [0.15, 0.2) is 0 Å². The fourth-order valence-corrected chi connectivity index (χ4v) is 4.86. The van der Waals surface area contributed by atoms with Gasteiger partial charge >= 0.3 is 0 Å². The van der Waals surface area contributed by atoms with E-state index in [1.165, 1.54) is 154 Å². The molecule has 202 valence electrons. The molecule has 0 aromatic carbocycles. The van der Waals surface area contributed by atoms with Crippen LogP contribution in [0, 0.1) is 0 Å². The Morgan fingerprint density at radius 2 is 0.647 bits per heavy atom. The molecule has 0 spiro atoms. The maximum atomic E-state index is 12.1. The van der Waals surface area contributed by atoms with Gasteiger partial charge in [0.1, 0.15) is 5.78 Å². The van der Waals surface area contributed by atoms with Crippen LogP contribution in [0.5, 0.6) is 0 Å². The minimum atomic E-state index is 0.515. The molecule has 0 aromatic heterocycles. The molecule has 0 heterocycles. The monoisotopic (exact) mass is 476 g/mol. The smallest absolute Gasteiger partial charge is 0.132 e. The molecule has 0 saturated heterocycles. The summed E-state index contributed by atoms with van der Waals surface area (Å²) in [5.41, 5.74) is 0. The third-order valence-electron chi connectivity index (χ3n) is 7.28. The van der Waals surface area contributed by atoms with Gasteiger partial charge in [0.2, 0.25) is 0 Å². The quantitative estimate of drug-likeness (QED) is 0.0774. The molecule has 0 unspecified atom stereocenters. The average Bonchev–Trinajstić information content (AvgIpc) is 2.84. The van der Waals surface area contributed by atoms with Crippen LogP contribution in [0.3, 0.4) is 0 Å². The number of unbranched alkanes of at least 4 members (excludes halogenated alkanes) is 23. The Morgan fingerprint density at radius 1 is 0.382 bits per heavy atom. The molecule has 0 bridgehead atoms. The Hall–Kier alpha value is -0.590. The van der Waals surface area contributed by atoms with E-state index in [2.05, 4.69) is 26.0 Å². The van der Waals surface area contributed by atoms with Crippen LogP contribution >= 0.6 is 0 Å². The number of rotatable bonds is 29. The molecule has 0 N–H and O–H groups in total. The summed E-state index contributed by atoms with van der Waals surface area (Å²) in [6.45, 7) is 4.57. The highest BCUT2D eigenvalue weighted by molar-refractivity contribution is 5.78. The molecular formula is C33H64O.